The molecule has 3 heterocycles. The minimum Gasteiger partial charge on any atom is -0.377 e. The van der Waals surface area contributed by atoms with E-state index in [4.69, 9.17) is 9.26 Å². The van der Waals surface area contributed by atoms with E-state index in [1.165, 1.54) is 6.42 Å². The van der Waals surface area contributed by atoms with Gasteiger partial charge in [0.15, 0.2) is 5.82 Å². The Morgan fingerprint density at radius 1 is 1.32 bits per heavy atom. The normalized spacial score (nSPS) is 23.4. The van der Waals surface area contributed by atoms with E-state index in [2.05, 4.69) is 20.8 Å². The molecule has 2 bridgehead atoms. The summed E-state index contributed by atoms with van der Waals surface area (Å²) in [4.78, 5) is 18.6. The highest BCUT2D eigenvalue weighted by atomic mass is 35.5. The van der Waals surface area contributed by atoms with E-state index in [9.17, 15) is 4.79 Å². The van der Waals surface area contributed by atoms with Crippen LogP contribution in [0, 0.1) is 11.8 Å². The molecule has 0 radical (unpaired) electrons. The first-order valence-corrected chi connectivity index (χ1v) is 9.71. The molecule has 3 rings (SSSR count). The molecule has 0 spiro atoms. The van der Waals surface area contributed by atoms with Crippen LogP contribution in [-0.4, -0.2) is 60.3 Å². The van der Waals surface area contributed by atoms with Crippen LogP contribution in [0.2, 0.25) is 0 Å². The SMILES string of the molecule is CCN(Cc1nc(COC)no1)C(=O)CCC[C@@H]1NC[C@@H]2CNC[C@H]1C2.Cl.Cl. The second-order valence-corrected chi connectivity index (χ2v) is 7.37. The van der Waals surface area contributed by atoms with Crippen molar-refractivity contribution in [1.82, 2.24) is 25.7 Å². The zero-order valence-corrected chi connectivity index (χ0v) is 18.3. The Bertz CT molecular complexity index is 589. The number of aromatic nitrogens is 2. The van der Waals surface area contributed by atoms with Gasteiger partial charge in [-0.05, 0) is 57.7 Å². The first-order chi connectivity index (χ1) is 12.7. The number of fused-ring (bicyclic) bond motifs is 2. The lowest BCUT2D eigenvalue weighted by Gasteiger charge is -2.41. The molecule has 3 atom stereocenters. The van der Waals surface area contributed by atoms with Gasteiger partial charge in [0.2, 0.25) is 11.8 Å². The number of piperidine rings is 2. The summed E-state index contributed by atoms with van der Waals surface area (Å²) in [6, 6.07) is 0.537. The average Bonchev–Trinajstić information content (AvgIpc) is 3.09. The number of rotatable bonds is 9. The molecule has 0 unspecified atom stereocenters. The molecule has 10 heteroatoms. The molecule has 1 aromatic heterocycles. The Kier molecular flexibility index (Phi) is 11.3. The van der Waals surface area contributed by atoms with Gasteiger partial charge in [-0.15, -0.1) is 24.8 Å². The predicted molar refractivity (Wildman–Crippen MR) is 111 cm³/mol. The summed E-state index contributed by atoms with van der Waals surface area (Å²) in [5.74, 6) is 2.60. The number of carbonyl (C=O) groups excluding carboxylic acids is 1. The fourth-order valence-corrected chi connectivity index (χ4v) is 4.07. The van der Waals surface area contributed by atoms with Gasteiger partial charge >= 0.3 is 0 Å². The number of hydrogen-bond acceptors (Lipinski definition) is 7. The van der Waals surface area contributed by atoms with Gasteiger partial charge in [0, 0.05) is 26.1 Å². The molecule has 1 amide bonds. The van der Waals surface area contributed by atoms with Crippen molar-refractivity contribution < 1.29 is 14.1 Å². The lowest BCUT2D eigenvalue weighted by molar-refractivity contribution is -0.132. The van der Waals surface area contributed by atoms with Crippen molar-refractivity contribution in [1.29, 1.82) is 0 Å². The van der Waals surface area contributed by atoms with Gasteiger partial charge in [0.25, 0.3) is 0 Å². The Morgan fingerprint density at radius 3 is 2.89 bits per heavy atom. The topological polar surface area (TPSA) is 92.5 Å². The highest BCUT2D eigenvalue weighted by molar-refractivity contribution is 5.85. The number of halogens is 2. The highest BCUT2D eigenvalue weighted by Crippen LogP contribution is 2.26. The van der Waals surface area contributed by atoms with Crippen LogP contribution in [0.15, 0.2) is 4.52 Å². The van der Waals surface area contributed by atoms with Gasteiger partial charge in [-0.3, -0.25) is 4.79 Å². The van der Waals surface area contributed by atoms with Crippen LogP contribution in [0.1, 0.15) is 44.3 Å². The Balaban J connectivity index is 0.00000196. The summed E-state index contributed by atoms with van der Waals surface area (Å²) >= 11 is 0. The molecule has 0 aliphatic carbocycles. The lowest BCUT2D eigenvalue weighted by atomic mass is 9.80. The number of amides is 1. The maximum atomic E-state index is 12.5. The van der Waals surface area contributed by atoms with Gasteiger partial charge in [-0.1, -0.05) is 5.16 Å². The van der Waals surface area contributed by atoms with Crippen molar-refractivity contribution in [3.05, 3.63) is 11.7 Å². The Hall–Kier alpha value is -0.930. The molecular weight excluding hydrogens is 405 g/mol. The monoisotopic (exact) mass is 437 g/mol. The number of methoxy groups -OCH3 is 1. The van der Waals surface area contributed by atoms with E-state index in [-0.39, 0.29) is 30.7 Å². The van der Waals surface area contributed by atoms with Gasteiger partial charge in [0.05, 0.1) is 6.54 Å². The van der Waals surface area contributed by atoms with E-state index in [0.717, 1.165) is 38.4 Å². The Labute approximate surface area is 179 Å². The zero-order valence-electron chi connectivity index (χ0n) is 16.7. The van der Waals surface area contributed by atoms with E-state index in [1.807, 2.05) is 6.92 Å². The van der Waals surface area contributed by atoms with Crippen LogP contribution in [0.4, 0.5) is 0 Å². The second-order valence-electron chi connectivity index (χ2n) is 7.37. The third kappa shape index (κ3) is 6.84. The van der Waals surface area contributed by atoms with E-state index in [1.54, 1.807) is 12.0 Å². The van der Waals surface area contributed by atoms with Crippen molar-refractivity contribution in [2.24, 2.45) is 11.8 Å². The number of carbonyl (C=O) groups is 1. The van der Waals surface area contributed by atoms with Gasteiger partial charge in [0.1, 0.15) is 6.61 Å². The minimum atomic E-state index is 0. The zero-order chi connectivity index (χ0) is 18.4. The molecule has 0 saturated carbocycles. The summed E-state index contributed by atoms with van der Waals surface area (Å²) in [7, 11) is 1.59. The van der Waals surface area contributed by atoms with Crippen molar-refractivity contribution in [3.63, 3.8) is 0 Å². The molecule has 2 aliphatic rings. The summed E-state index contributed by atoms with van der Waals surface area (Å²) in [6.07, 6.45) is 3.85. The average molecular weight is 438 g/mol. The van der Waals surface area contributed by atoms with E-state index in [0.29, 0.717) is 49.8 Å². The Morgan fingerprint density at radius 2 is 2.14 bits per heavy atom. The molecular formula is C18H33Cl2N5O3. The summed E-state index contributed by atoms with van der Waals surface area (Å²) in [5, 5.41) is 11.1. The van der Waals surface area contributed by atoms with Gasteiger partial charge in [-0.25, -0.2) is 0 Å². The first-order valence-electron chi connectivity index (χ1n) is 9.71. The maximum Gasteiger partial charge on any atom is 0.246 e. The van der Waals surface area contributed by atoms with Crippen molar-refractivity contribution in [3.8, 4) is 0 Å². The summed E-state index contributed by atoms with van der Waals surface area (Å²) in [5.41, 5.74) is 0. The van der Waals surface area contributed by atoms with E-state index < -0.39 is 0 Å². The molecule has 2 aliphatic heterocycles. The third-order valence-corrected chi connectivity index (χ3v) is 5.46. The van der Waals surface area contributed by atoms with Crippen molar-refractivity contribution >= 4 is 30.7 Å². The molecule has 2 N–H and O–H groups in total. The fraction of sp³-hybridized carbons (Fsp3) is 0.833. The standard InChI is InChI=1S/C18H31N5O3.2ClH/c1-3-23(11-17-21-16(12-25-2)22-26-17)18(24)6-4-5-15-14-7-13(9-20-15)8-19-10-14;;/h13-15,19-20H,3-12H2,1-2H3;2*1H/t13-,14+,15-;;/m0../s1. The smallest absolute Gasteiger partial charge is 0.246 e. The maximum absolute atomic E-state index is 12.5. The van der Waals surface area contributed by atoms with Gasteiger partial charge < -0.3 is 24.8 Å². The number of ether oxygens (including phenoxy) is 1. The summed E-state index contributed by atoms with van der Waals surface area (Å²) < 4.78 is 10.2. The fourth-order valence-electron chi connectivity index (χ4n) is 4.07. The molecule has 28 heavy (non-hydrogen) atoms. The van der Waals surface area contributed by atoms with E-state index >= 15 is 0 Å². The summed E-state index contributed by atoms with van der Waals surface area (Å²) in [6.45, 7) is 6.63. The number of nitrogens with one attached hydrogen (secondary N) is 2. The van der Waals surface area contributed by atoms with Crippen LogP contribution in [-0.2, 0) is 22.7 Å². The highest BCUT2D eigenvalue weighted by Gasteiger charge is 2.32. The van der Waals surface area contributed by atoms with Crippen LogP contribution >= 0.6 is 24.8 Å². The quantitative estimate of drug-likeness (QED) is 0.607. The number of nitrogens with zero attached hydrogens (tertiary/aromatic N) is 3. The molecule has 8 nitrogen and oxygen atoms in total. The number of hydrogen-bond donors (Lipinski definition) is 2. The predicted octanol–water partition coefficient (Wildman–Crippen LogP) is 1.78. The molecule has 0 aromatic carbocycles. The first kappa shape index (κ1) is 25.1. The second kappa shape index (κ2) is 12.6. The van der Waals surface area contributed by atoms with Crippen LogP contribution in [0.3, 0.4) is 0 Å². The van der Waals surface area contributed by atoms with Crippen LogP contribution in [0.25, 0.3) is 0 Å². The van der Waals surface area contributed by atoms with Gasteiger partial charge in [-0.2, -0.15) is 4.98 Å². The van der Waals surface area contributed by atoms with Crippen LogP contribution in [0.5, 0.6) is 0 Å². The molecule has 2 saturated heterocycles. The van der Waals surface area contributed by atoms with Crippen molar-refractivity contribution in [2.45, 2.75) is 51.8 Å². The third-order valence-electron chi connectivity index (χ3n) is 5.46. The van der Waals surface area contributed by atoms with Crippen LogP contribution < -0.4 is 10.6 Å². The molecule has 2 fully saturated rings. The molecule has 1 aromatic rings. The van der Waals surface area contributed by atoms with Crippen molar-refractivity contribution in [2.75, 3.05) is 33.3 Å². The lowest BCUT2D eigenvalue weighted by Crippen LogP contribution is -2.54. The molecule has 162 valence electrons. The largest absolute Gasteiger partial charge is 0.377 e. The minimum absolute atomic E-state index is 0.